The molecule has 4 rings (SSSR count). The Kier molecular flexibility index (Phi) is 5.22. The van der Waals surface area contributed by atoms with E-state index in [-0.39, 0.29) is 11.4 Å². The predicted molar refractivity (Wildman–Crippen MR) is 93.5 cm³/mol. The van der Waals surface area contributed by atoms with Gasteiger partial charge in [-0.1, -0.05) is 19.3 Å². The summed E-state index contributed by atoms with van der Waals surface area (Å²) in [5.74, 6) is -1.42. The van der Waals surface area contributed by atoms with Gasteiger partial charge in [0.1, 0.15) is 24.4 Å². The van der Waals surface area contributed by atoms with Crippen LogP contribution in [0.25, 0.3) is 0 Å². The highest BCUT2D eigenvalue weighted by Gasteiger charge is 2.59. The van der Waals surface area contributed by atoms with Crippen molar-refractivity contribution in [3.8, 4) is 0 Å². The first-order chi connectivity index (χ1) is 12.2. The molecule has 0 unspecified atom stereocenters. The number of fused-ring (bicyclic) bond motifs is 1. The molecule has 0 spiro atoms. The Morgan fingerprint density at radius 2 is 1.65 bits per heavy atom. The minimum Gasteiger partial charge on any atom is -0.348 e. The zero-order valence-corrected chi connectivity index (χ0v) is 16.8. The number of ether oxygens (including phenoxy) is 5. The topological polar surface area (TPSA) is 72.5 Å². The second-order valence-corrected chi connectivity index (χ2v) is 9.90. The molecule has 3 saturated heterocycles. The number of rotatable bonds is 4. The van der Waals surface area contributed by atoms with E-state index < -0.39 is 47.3 Å². The van der Waals surface area contributed by atoms with E-state index in [1.54, 1.807) is 0 Å². The lowest BCUT2D eigenvalue weighted by atomic mass is 10.0. The third-order valence-corrected chi connectivity index (χ3v) is 6.88. The minimum absolute atomic E-state index is 0.0796. The van der Waals surface area contributed by atoms with E-state index in [1.165, 1.54) is 6.42 Å². The third-order valence-electron chi connectivity index (χ3n) is 5.45. The van der Waals surface area contributed by atoms with Crippen LogP contribution in [-0.2, 0) is 38.9 Å². The second kappa shape index (κ2) is 7.06. The summed E-state index contributed by atoms with van der Waals surface area (Å²) in [5, 5.41) is 0.0796. The Morgan fingerprint density at radius 3 is 2.31 bits per heavy atom. The van der Waals surface area contributed by atoms with E-state index in [1.807, 2.05) is 27.7 Å². The summed E-state index contributed by atoms with van der Waals surface area (Å²) in [4.78, 5) is 0. The Bertz CT molecular complexity index is 546. The van der Waals surface area contributed by atoms with Gasteiger partial charge in [0, 0.05) is 0 Å². The molecule has 6 atom stereocenters. The van der Waals surface area contributed by atoms with Crippen LogP contribution in [0.4, 0.5) is 0 Å². The van der Waals surface area contributed by atoms with Crippen molar-refractivity contribution >= 4 is 11.1 Å². The van der Waals surface area contributed by atoms with Crippen LogP contribution in [0.3, 0.4) is 0 Å². The molecule has 4 fully saturated rings. The second-order valence-electron chi connectivity index (χ2n) is 8.52. The van der Waals surface area contributed by atoms with Crippen LogP contribution in [0, 0.1) is 0 Å². The van der Waals surface area contributed by atoms with Crippen molar-refractivity contribution in [3.05, 3.63) is 0 Å². The molecule has 0 bridgehead atoms. The molecule has 4 aliphatic rings. The normalized spacial score (nSPS) is 43.5. The molecular formula is C18H30O7S. The largest absolute Gasteiger partial charge is 0.348 e. The van der Waals surface area contributed by atoms with Crippen LogP contribution < -0.4 is 0 Å². The first kappa shape index (κ1) is 19.2. The molecule has 3 aliphatic heterocycles. The van der Waals surface area contributed by atoms with E-state index in [0.29, 0.717) is 6.61 Å². The highest BCUT2D eigenvalue weighted by molar-refractivity contribution is 7.80. The van der Waals surface area contributed by atoms with Gasteiger partial charge in [-0.15, -0.1) is 0 Å². The summed E-state index contributed by atoms with van der Waals surface area (Å²) in [6.07, 6.45) is 3.09. The summed E-state index contributed by atoms with van der Waals surface area (Å²) in [5.41, 5.74) is 0. The maximum absolute atomic E-state index is 12.9. The van der Waals surface area contributed by atoms with Crippen molar-refractivity contribution in [2.24, 2.45) is 0 Å². The maximum Gasteiger partial charge on any atom is 0.190 e. The van der Waals surface area contributed by atoms with Crippen molar-refractivity contribution in [3.63, 3.8) is 0 Å². The molecule has 1 aliphatic carbocycles. The van der Waals surface area contributed by atoms with Crippen LogP contribution in [0.2, 0.25) is 0 Å². The Balaban J connectivity index is 1.49. The average molecular weight is 390 g/mol. The van der Waals surface area contributed by atoms with Crippen molar-refractivity contribution in [1.82, 2.24) is 0 Å². The lowest BCUT2D eigenvalue weighted by Gasteiger charge is -2.30. The van der Waals surface area contributed by atoms with Gasteiger partial charge < -0.3 is 23.7 Å². The van der Waals surface area contributed by atoms with E-state index >= 15 is 0 Å². The lowest BCUT2D eigenvalue weighted by Crippen LogP contribution is -2.45. The summed E-state index contributed by atoms with van der Waals surface area (Å²) in [7, 11) is 0. The SMILES string of the molecule is CC1(C)O[C@H]2O[C@H]([C@H]3COC(C)(C)O3)[C@H](O[S@](=O)C3CCCCC3)[C@H]2O1. The van der Waals surface area contributed by atoms with Gasteiger partial charge in [0.05, 0.1) is 11.9 Å². The third kappa shape index (κ3) is 3.87. The van der Waals surface area contributed by atoms with Crippen molar-refractivity contribution in [2.75, 3.05) is 6.61 Å². The Hall–Kier alpha value is -0.0900. The molecule has 0 aromatic carbocycles. The predicted octanol–water partition coefficient (Wildman–Crippen LogP) is 2.40. The highest BCUT2D eigenvalue weighted by Crippen LogP contribution is 2.42. The van der Waals surface area contributed by atoms with E-state index in [2.05, 4.69) is 0 Å². The van der Waals surface area contributed by atoms with Crippen LogP contribution in [0.1, 0.15) is 59.8 Å². The summed E-state index contributed by atoms with van der Waals surface area (Å²) < 4.78 is 48.5. The summed E-state index contributed by atoms with van der Waals surface area (Å²) in [6, 6.07) is 0. The molecule has 0 radical (unpaired) electrons. The van der Waals surface area contributed by atoms with E-state index in [9.17, 15) is 4.21 Å². The van der Waals surface area contributed by atoms with Gasteiger partial charge in [0.15, 0.2) is 28.9 Å². The molecule has 7 nitrogen and oxygen atoms in total. The average Bonchev–Trinajstić information content (AvgIpc) is 3.18. The van der Waals surface area contributed by atoms with Crippen LogP contribution in [0.15, 0.2) is 0 Å². The van der Waals surface area contributed by atoms with Crippen LogP contribution in [0.5, 0.6) is 0 Å². The van der Waals surface area contributed by atoms with Crippen molar-refractivity contribution < 1.29 is 32.1 Å². The van der Waals surface area contributed by atoms with E-state index in [4.69, 9.17) is 27.9 Å². The molecule has 26 heavy (non-hydrogen) atoms. The molecule has 150 valence electrons. The van der Waals surface area contributed by atoms with Gasteiger partial charge in [-0.25, -0.2) is 4.21 Å². The fraction of sp³-hybridized carbons (Fsp3) is 1.00. The fourth-order valence-electron chi connectivity index (χ4n) is 4.24. The first-order valence-electron chi connectivity index (χ1n) is 9.65. The zero-order chi connectivity index (χ0) is 18.5. The fourth-order valence-corrected chi connectivity index (χ4v) is 5.55. The number of hydrogen-bond donors (Lipinski definition) is 0. The number of hydrogen-bond acceptors (Lipinski definition) is 7. The smallest absolute Gasteiger partial charge is 0.190 e. The standard InChI is InChI=1S/C18H30O7S/c1-17(2)20-10-12(22-17)13-14(15-16(21-13)24-18(3,4)23-15)25-26(19)11-8-6-5-7-9-11/h11-16H,5-10H2,1-4H3/t12-,13-,14+,15-,16-,26+/m1/s1. The molecule has 3 heterocycles. The monoisotopic (exact) mass is 390 g/mol. The van der Waals surface area contributed by atoms with Crippen molar-refractivity contribution in [2.45, 2.75) is 107 Å². The first-order valence-corrected chi connectivity index (χ1v) is 10.8. The molecular weight excluding hydrogens is 360 g/mol. The maximum atomic E-state index is 12.9. The minimum atomic E-state index is -1.38. The van der Waals surface area contributed by atoms with Crippen LogP contribution >= 0.6 is 0 Å². The van der Waals surface area contributed by atoms with Gasteiger partial charge in [0.25, 0.3) is 0 Å². The molecule has 0 aromatic heterocycles. The quantitative estimate of drug-likeness (QED) is 0.730. The molecule has 0 aromatic rings. The highest BCUT2D eigenvalue weighted by atomic mass is 32.2. The van der Waals surface area contributed by atoms with Gasteiger partial charge in [-0.05, 0) is 40.5 Å². The van der Waals surface area contributed by atoms with Crippen molar-refractivity contribution in [1.29, 1.82) is 0 Å². The lowest BCUT2D eigenvalue weighted by molar-refractivity contribution is -0.230. The molecule has 0 N–H and O–H groups in total. The van der Waals surface area contributed by atoms with Crippen LogP contribution in [-0.4, -0.2) is 58.3 Å². The Morgan fingerprint density at radius 1 is 0.923 bits per heavy atom. The summed E-state index contributed by atoms with van der Waals surface area (Å²) in [6.45, 7) is 7.83. The molecule has 8 heteroatoms. The van der Waals surface area contributed by atoms with Gasteiger partial charge in [-0.2, -0.15) is 0 Å². The van der Waals surface area contributed by atoms with Gasteiger partial charge in [-0.3, -0.25) is 4.18 Å². The zero-order valence-electron chi connectivity index (χ0n) is 16.0. The molecule has 0 amide bonds. The summed E-state index contributed by atoms with van der Waals surface area (Å²) >= 11 is -1.38. The van der Waals surface area contributed by atoms with E-state index in [0.717, 1.165) is 25.7 Å². The molecule has 1 saturated carbocycles. The van der Waals surface area contributed by atoms with Gasteiger partial charge in [0.2, 0.25) is 0 Å². The Labute approximate surface area is 157 Å². The van der Waals surface area contributed by atoms with Gasteiger partial charge >= 0.3 is 0 Å².